The van der Waals surface area contributed by atoms with E-state index in [1.807, 2.05) is 6.92 Å². The Kier molecular flexibility index (Phi) is 4.46. The first-order chi connectivity index (χ1) is 7.58. The van der Waals surface area contributed by atoms with Gasteiger partial charge in [0.25, 0.3) is 0 Å². The predicted molar refractivity (Wildman–Crippen MR) is 61.6 cm³/mol. The summed E-state index contributed by atoms with van der Waals surface area (Å²) in [7, 11) is 1.54. The second kappa shape index (κ2) is 5.63. The van der Waals surface area contributed by atoms with Crippen LogP contribution in [0.2, 0.25) is 0 Å². The molecule has 3 nitrogen and oxygen atoms in total. The number of halogens is 2. The minimum atomic E-state index is -0.686. The van der Waals surface area contributed by atoms with Crippen molar-refractivity contribution in [2.75, 3.05) is 24.2 Å². The van der Waals surface area contributed by atoms with E-state index in [0.717, 1.165) is 12.5 Å². The molecule has 0 spiro atoms. The lowest BCUT2D eigenvalue weighted by Crippen LogP contribution is -2.13. The van der Waals surface area contributed by atoms with E-state index < -0.39 is 11.6 Å². The molecule has 1 heterocycles. The van der Waals surface area contributed by atoms with Crippen LogP contribution in [0.25, 0.3) is 0 Å². The van der Waals surface area contributed by atoms with Gasteiger partial charge in [-0.25, -0.2) is 13.8 Å². The van der Waals surface area contributed by atoms with Gasteiger partial charge in [0.15, 0.2) is 23.3 Å². The fraction of sp³-hybridized carbons (Fsp3) is 0.545. The number of anilines is 2. The molecule has 16 heavy (non-hydrogen) atoms. The van der Waals surface area contributed by atoms with E-state index in [-0.39, 0.29) is 11.6 Å². The molecule has 0 aliphatic carbocycles. The second-order valence-electron chi connectivity index (χ2n) is 3.79. The molecule has 0 bridgehead atoms. The molecule has 1 aromatic rings. The molecule has 0 saturated carbocycles. The highest BCUT2D eigenvalue weighted by Crippen LogP contribution is 2.18. The average Bonchev–Trinajstić information content (AvgIpc) is 2.27. The summed E-state index contributed by atoms with van der Waals surface area (Å²) in [6.07, 6.45) is 0.995. The highest BCUT2D eigenvalue weighted by atomic mass is 19.1. The van der Waals surface area contributed by atoms with Crippen molar-refractivity contribution in [3.05, 3.63) is 17.7 Å². The molecule has 5 heteroatoms. The Hall–Kier alpha value is -1.39. The lowest BCUT2D eigenvalue weighted by molar-refractivity contribution is 0.567. The molecule has 1 rings (SSSR count). The Bertz CT molecular complexity index is 355. The molecule has 0 saturated heterocycles. The fourth-order valence-electron chi connectivity index (χ4n) is 1.18. The molecule has 0 fully saturated rings. The van der Waals surface area contributed by atoms with Crippen LogP contribution in [0.3, 0.4) is 0 Å². The quantitative estimate of drug-likeness (QED) is 0.815. The molecule has 0 radical (unpaired) electrons. The van der Waals surface area contributed by atoms with E-state index >= 15 is 0 Å². The Morgan fingerprint density at radius 2 is 1.94 bits per heavy atom. The Morgan fingerprint density at radius 1 is 1.31 bits per heavy atom. The Morgan fingerprint density at radius 3 is 2.50 bits per heavy atom. The van der Waals surface area contributed by atoms with Crippen LogP contribution in [0, 0.1) is 17.6 Å². The number of nitrogens with zero attached hydrogens (tertiary/aromatic N) is 1. The summed E-state index contributed by atoms with van der Waals surface area (Å²) in [5.74, 6) is -0.794. The van der Waals surface area contributed by atoms with Gasteiger partial charge in [0, 0.05) is 19.7 Å². The third-order valence-electron chi connectivity index (χ3n) is 2.48. The third-order valence-corrected chi connectivity index (χ3v) is 2.48. The normalized spacial score (nSPS) is 12.3. The predicted octanol–water partition coefficient (Wildman–Crippen LogP) is 2.86. The number of hydrogen-bond acceptors (Lipinski definition) is 3. The average molecular weight is 229 g/mol. The molecule has 0 aliphatic heterocycles. The highest BCUT2D eigenvalue weighted by molar-refractivity contribution is 5.47. The second-order valence-corrected chi connectivity index (χ2v) is 3.79. The molecule has 0 amide bonds. The smallest absolute Gasteiger partial charge is 0.168 e. The van der Waals surface area contributed by atoms with Gasteiger partial charge in [-0.3, -0.25) is 0 Å². The van der Waals surface area contributed by atoms with E-state index in [1.165, 1.54) is 0 Å². The van der Waals surface area contributed by atoms with Gasteiger partial charge in [-0.15, -0.1) is 0 Å². The van der Waals surface area contributed by atoms with Crippen LogP contribution in [0.15, 0.2) is 6.07 Å². The lowest BCUT2D eigenvalue weighted by Gasteiger charge is -2.12. The van der Waals surface area contributed by atoms with Crippen molar-refractivity contribution in [3.8, 4) is 0 Å². The summed E-state index contributed by atoms with van der Waals surface area (Å²) < 4.78 is 26.4. The first kappa shape index (κ1) is 12.7. The maximum absolute atomic E-state index is 13.3. The molecule has 1 unspecified atom stereocenters. The summed E-state index contributed by atoms with van der Waals surface area (Å²) in [5, 5.41) is 5.44. The first-order valence-corrected chi connectivity index (χ1v) is 5.36. The maximum Gasteiger partial charge on any atom is 0.168 e. The molecule has 90 valence electrons. The SMILES string of the molecule is CCC(C)CNc1nc(NC)c(F)cc1F. The monoisotopic (exact) mass is 229 g/mol. The summed E-state index contributed by atoms with van der Waals surface area (Å²) >= 11 is 0. The van der Waals surface area contributed by atoms with Crippen molar-refractivity contribution in [1.29, 1.82) is 0 Å². The number of aromatic nitrogens is 1. The molecule has 1 aromatic heterocycles. The summed E-state index contributed by atoms with van der Waals surface area (Å²) in [5.41, 5.74) is 0. The number of nitrogens with one attached hydrogen (secondary N) is 2. The van der Waals surface area contributed by atoms with E-state index in [4.69, 9.17) is 0 Å². The van der Waals surface area contributed by atoms with E-state index in [2.05, 4.69) is 22.5 Å². The minimum Gasteiger partial charge on any atom is -0.371 e. The standard InChI is InChI=1S/C11H17F2N3/c1-4-7(2)6-15-11-9(13)5-8(12)10(14-3)16-11/h5,7H,4,6H2,1-3H3,(H2,14,15,16). The fourth-order valence-corrected chi connectivity index (χ4v) is 1.18. The molecule has 1 atom stereocenters. The van der Waals surface area contributed by atoms with Gasteiger partial charge >= 0.3 is 0 Å². The van der Waals surface area contributed by atoms with Gasteiger partial charge in [-0.2, -0.15) is 0 Å². The van der Waals surface area contributed by atoms with Crippen LogP contribution in [-0.2, 0) is 0 Å². The van der Waals surface area contributed by atoms with Gasteiger partial charge in [-0.1, -0.05) is 20.3 Å². The van der Waals surface area contributed by atoms with Gasteiger partial charge in [0.05, 0.1) is 0 Å². The number of hydrogen-bond donors (Lipinski definition) is 2. The Labute approximate surface area is 94.3 Å². The first-order valence-electron chi connectivity index (χ1n) is 5.36. The molecule has 0 aliphatic rings. The summed E-state index contributed by atoms with van der Waals surface area (Å²) in [4.78, 5) is 3.82. The zero-order valence-electron chi connectivity index (χ0n) is 9.77. The van der Waals surface area contributed by atoms with Crippen molar-refractivity contribution >= 4 is 11.6 Å². The van der Waals surface area contributed by atoms with Crippen LogP contribution in [0.5, 0.6) is 0 Å². The lowest BCUT2D eigenvalue weighted by atomic mass is 10.1. The minimum absolute atomic E-state index is 0.0491. The topological polar surface area (TPSA) is 37.0 Å². The van der Waals surface area contributed by atoms with Crippen molar-refractivity contribution < 1.29 is 8.78 Å². The van der Waals surface area contributed by atoms with E-state index in [0.29, 0.717) is 12.5 Å². The zero-order chi connectivity index (χ0) is 12.1. The van der Waals surface area contributed by atoms with Crippen LogP contribution in [0.4, 0.5) is 20.4 Å². The van der Waals surface area contributed by atoms with Crippen LogP contribution < -0.4 is 10.6 Å². The van der Waals surface area contributed by atoms with Crippen molar-refractivity contribution in [1.82, 2.24) is 4.98 Å². The largest absolute Gasteiger partial charge is 0.371 e. The third kappa shape index (κ3) is 3.05. The Balaban J connectivity index is 2.79. The van der Waals surface area contributed by atoms with Gasteiger partial charge in [0.1, 0.15) is 0 Å². The number of rotatable bonds is 5. The number of pyridine rings is 1. The maximum atomic E-state index is 13.3. The van der Waals surface area contributed by atoms with Gasteiger partial charge in [0.2, 0.25) is 0 Å². The summed E-state index contributed by atoms with van der Waals surface area (Å²) in [6, 6.07) is 0.831. The van der Waals surface area contributed by atoms with Gasteiger partial charge < -0.3 is 10.6 Å². The summed E-state index contributed by atoms with van der Waals surface area (Å²) in [6.45, 7) is 4.72. The molecule has 0 aromatic carbocycles. The van der Waals surface area contributed by atoms with Crippen LogP contribution in [0.1, 0.15) is 20.3 Å². The molecular formula is C11H17F2N3. The van der Waals surface area contributed by atoms with Crippen LogP contribution >= 0.6 is 0 Å². The van der Waals surface area contributed by atoms with Crippen molar-refractivity contribution in [2.24, 2.45) is 5.92 Å². The van der Waals surface area contributed by atoms with E-state index in [9.17, 15) is 8.78 Å². The van der Waals surface area contributed by atoms with Crippen molar-refractivity contribution in [2.45, 2.75) is 20.3 Å². The van der Waals surface area contributed by atoms with Crippen molar-refractivity contribution in [3.63, 3.8) is 0 Å². The van der Waals surface area contributed by atoms with Crippen LogP contribution in [-0.4, -0.2) is 18.6 Å². The van der Waals surface area contributed by atoms with E-state index in [1.54, 1.807) is 7.05 Å². The highest BCUT2D eigenvalue weighted by Gasteiger charge is 2.11. The molecular weight excluding hydrogens is 212 g/mol. The van der Waals surface area contributed by atoms with Gasteiger partial charge in [-0.05, 0) is 5.92 Å². The zero-order valence-corrected chi connectivity index (χ0v) is 9.77. The molecule has 2 N–H and O–H groups in total.